The molecule has 0 atom stereocenters. The predicted molar refractivity (Wildman–Crippen MR) is 68.8 cm³/mol. The average Bonchev–Trinajstić information content (AvgIpc) is 2.21. The number of hydrogen-bond donors (Lipinski definition) is 1. The molecule has 1 rings (SSSR count). The normalized spacial score (nSPS) is 10.4. The Balaban J connectivity index is 2.15. The third-order valence-corrected chi connectivity index (χ3v) is 3.30. The van der Waals surface area contributed by atoms with Crippen molar-refractivity contribution in [3.8, 4) is 0 Å². The molecule has 0 bridgehead atoms. The first-order valence-electron chi connectivity index (χ1n) is 4.86. The van der Waals surface area contributed by atoms with Crippen LogP contribution in [-0.2, 0) is 6.54 Å². The van der Waals surface area contributed by atoms with E-state index in [9.17, 15) is 0 Å². The highest BCUT2D eigenvalue weighted by atomic mass is 79.9. The van der Waals surface area contributed by atoms with Crippen LogP contribution in [0.2, 0.25) is 0 Å². The van der Waals surface area contributed by atoms with Crippen LogP contribution in [0.5, 0.6) is 0 Å². The lowest BCUT2D eigenvalue weighted by Crippen LogP contribution is -2.16. The maximum absolute atomic E-state index is 3.42. The van der Waals surface area contributed by atoms with Gasteiger partial charge < -0.3 is 5.32 Å². The van der Waals surface area contributed by atoms with Gasteiger partial charge in [-0.25, -0.2) is 0 Å². The molecule has 0 saturated heterocycles. The van der Waals surface area contributed by atoms with E-state index in [2.05, 4.69) is 52.4 Å². The van der Waals surface area contributed by atoms with Crippen LogP contribution < -0.4 is 5.32 Å². The van der Waals surface area contributed by atoms with Gasteiger partial charge in [0.25, 0.3) is 0 Å². The van der Waals surface area contributed by atoms with Gasteiger partial charge in [0.15, 0.2) is 0 Å². The first kappa shape index (κ1) is 12.1. The Morgan fingerprint density at radius 3 is 2.64 bits per heavy atom. The highest BCUT2D eigenvalue weighted by Gasteiger charge is 1.92. The van der Waals surface area contributed by atoms with E-state index >= 15 is 0 Å². The molecule has 1 N–H and O–H groups in total. The zero-order chi connectivity index (χ0) is 10.2. The van der Waals surface area contributed by atoms with Crippen molar-refractivity contribution in [2.75, 3.05) is 18.1 Å². The minimum atomic E-state index is 0.970. The summed E-state index contributed by atoms with van der Waals surface area (Å²) in [6, 6.07) is 8.45. The quantitative estimate of drug-likeness (QED) is 0.799. The monoisotopic (exact) mass is 273 g/mol. The van der Waals surface area contributed by atoms with E-state index in [0.29, 0.717) is 0 Å². The van der Waals surface area contributed by atoms with Crippen molar-refractivity contribution in [1.29, 1.82) is 0 Å². The number of hydrogen-bond acceptors (Lipinski definition) is 2. The third-order valence-electron chi connectivity index (χ3n) is 1.87. The molecule has 0 fully saturated rings. The highest BCUT2D eigenvalue weighted by Crippen LogP contribution is 2.10. The zero-order valence-corrected chi connectivity index (χ0v) is 10.8. The van der Waals surface area contributed by atoms with Gasteiger partial charge in [-0.3, -0.25) is 0 Å². The Labute approximate surface area is 98.8 Å². The fraction of sp³-hybridized carbons (Fsp3) is 0.455. The van der Waals surface area contributed by atoms with Gasteiger partial charge in [0.2, 0.25) is 0 Å². The van der Waals surface area contributed by atoms with Gasteiger partial charge in [0, 0.05) is 23.3 Å². The molecule has 0 spiro atoms. The van der Waals surface area contributed by atoms with Crippen molar-refractivity contribution in [2.24, 2.45) is 0 Å². The molecule has 3 heteroatoms. The van der Waals surface area contributed by atoms with E-state index in [0.717, 1.165) is 17.6 Å². The van der Waals surface area contributed by atoms with Crippen molar-refractivity contribution in [3.05, 3.63) is 34.3 Å². The molecule has 1 nitrogen and oxygen atoms in total. The first-order chi connectivity index (χ1) is 6.83. The van der Waals surface area contributed by atoms with Crippen molar-refractivity contribution in [3.63, 3.8) is 0 Å². The van der Waals surface area contributed by atoms with Gasteiger partial charge in [0.05, 0.1) is 0 Å². The maximum Gasteiger partial charge on any atom is 0.0205 e. The van der Waals surface area contributed by atoms with Crippen molar-refractivity contribution in [1.82, 2.24) is 5.32 Å². The second-order valence-electron chi connectivity index (χ2n) is 3.00. The van der Waals surface area contributed by atoms with Gasteiger partial charge in [-0.05, 0) is 23.4 Å². The summed E-state index contributed by atoms with van der Waals surface area (Å²) in [5, 5.41) is 3.42. The van der Waals surface area contributed by atoms with Crippen molar-refractivity contribution >= 4 is 27.7 Å². The highest BCUT2D eigenvalue weighted by molar-refractivity contribution is 9.10. The fourth-order valence-electron chi connectivity index (χ4n) is 1.12. The summed E-state index contributed by atoms with van der Waals surface area (Å²) in [6.07, 6.45) is 0. The van der Waals surface area contributed by atoms with E-state index in [1.807, 2.05) is 11.8 Å². The van der Waals surface area contributed by atoms with Crippen LogP contribution >= 0.6 is 27.7 Å². The van der Waals surface area contributed by atoms with E-state index in [1.54, 1.807) is 0 Å². The second-order valence-corrected chi connectivity index (χ2v) is 5.31. The molecule has 0 amide bonds. The minimum absolute atomic E-state index is 0.970. The Morgan fingerprint density at radius 1 is 1.29 bits per heavy atom. The van der Waals surface area contributed by atoms with Gasteiger partial charge in [-0.1, -0.05) is 35.0 Å². The van der Waals surface area contributed by atoms with Crippen LogP contribution in [0.4, 0.5) is 0 Å². The number of rotatable bonds is 6. The van der Waals surface area contributed by atoms with Crippen LogP contribution in [0, 0.1) is 0 Å². The molecular formula is C11H16BrNS. The smallest absolute Gasteiger partial charge is 0.0205 e. The summed E-state index contributed by atoms with van der Waals surface area (Å²) >= 11 is 5.40. The largest absolute Gasteiger partial charge is 0.312 e. The topological polar surface area (TPSA) is 12.0 Å². The lowest BCUT2D eigenvalue weighted by atomic mass is 10.2. The summed E-state index contributed by atoms with van der Waals surface area (Å²) < 4.78 is 1.14. The molecule has 0 unspecified atom stereocenters. The molecule has 0 aliphatic carbocycles. The average molecular weight is 274 g/mol. The Kier molecular flexibility index (Phi) is 6.32. The van der Waals surface area contributed by atoms with E-state index in [1.165, 1.54) is 17.1 Å². The molecule has 1 aromatic rings. The zero-order valence-electron chi connectivity index (χ0n) is 8.42. The summed E-state index contributed by atoms with van der Waals surface area (Å²) in [6.45, 7) is 4.26. The molecular weight excluding hydrogens is 258 g/mol. The molecule has 0 aromatic heterocycles. The molecule has 0 aliphatic heterocycles. The number of halogens is 1. The number of nitrogens with one attached hydrogen (secondary N) is 1. The van der Waals surface area contributed by atoms with Gasteiger partial charge in [0.1, 0.15) is 0 Å². The lowest BCUT2D eigenvalue weighted by molar-refractivity contribution is 0.732. The molecule has 78 valence electrons. The number of benzene rings is 1. The van der Waals surface area contributed by atoms with Crippen LogP contribution in [0.25, 0.3) is 0 Å². The summed E-state index contributed by atoms with van der Waals surface area (Å²) in [5.74, 6) is 2.41. The number of thioether (sulfide) groups is 1. The van der Waals surface area contributed by atoms with Crippen molar-refractivity contribution < 1.29 is 0 Å². The van der Waals surface area contributed by atoms with Crippen LogP contribution in [0.1, 0.15) is 12.5 Å². The van der Waals surface area contributed by atoms with E-state index in [-0.39, 0.29) is 0 Å². The minimum Gasteiger partial charge on any atom is -0.312 e. The standard InChI is InChI=1S/C11H16BrNS/c1-2-14-8-7-13-9-10-3-5-11(12)6-4-10/h3-6,13H,2,7-9H2,1H3. The molecule has 0 saturated carbocycles. The lowest BCUT2D eigenvalue weighted by Gasteiger charge is -2.04. The van der Waals surface area contributed by atoms with Crippen LogP contribution in [0.3, 0.4) is 0 Å². The third kappa shape index (κ3) is 5.03. The summed E-state index contributed by atoms with van der Waals surface area (Å²) in [4.78, 5) is 0. The fourth-order valence-corrected chi connectivity index (χ4v) is 1.97. The Hall–Kier alpha value is 0.01000. The van der Waals surface area contributed by atoms with Gasteiger partial charge >= 0.3 is 0 Å². The first-order valence-corrected chi connectivity index (χ1v) is 6.80. The van der Waals surface area contributed by atoms with Crippen LogP contribution in [-0.4, -0.2) is 18.1 Å². The SMILES string of the molecule is CCSCCNCc1ccc(Br)cc1. The van der Waals surface area contributed by atoms with Crippen molar-refractivity contribution in [2.45, 2.75) is 13.5 Å². The van der Waals surface area contributed by atoms with E-state index < -0.39 is 0 Å². The second kappa shape index (κ2) is 7.32. The molecule has 14 heavy (non-hydrogen) atoms. The summed E-state index contributed by atoms with van der Waals surface area (Å²) in [7, 11) is 0. The summed E-state index contributed by atoms with van der Waals surface area (Å²) in [5.41, 5.74) is 1.34. The Morgan fingerprint density at radius 2 is 2.00 bits per heavy atom. The van der Waals surface area contributed by atoms with E-state index in [4.69, 9.17) is 0 Å². The van der Waals surface area contributed by atoms with Crippen LogP contribution in [0.15, 0.2) is 28.7 Å². The molecule has 1 aromatic carbocycles. The molecule has 0 heterocycles. The van der Waals surface area contributed by atoms with Gasteiger partial charge in [-0.2, -0.15) is 11.8 Å². The maximum atomic E-state index is 3.42. The Bertz CT molecular complexity index is 248. The molecule has 0 aliphatic rings. The van der Waals surface area contributed by atoms with Gasteiger partial charge in [-0.15, -0.1) is 0 Å². The molecule has 0 radical (unpaired) electrons. The predicted octanol–water partition coefficient (Wildman–Crippen LogP) is 3.29.